The average Bonchev–Trinajstić information content (AvgIpc) is 2.87. The zero-order chi connectivity index (χ0) is 17.3. The minimum Gasteiger partial charge on any atom is -0.382 e. The van der Waals surface area contributed by atoms with E-state index in [4.69, 9.17) is 22.1 Å². The van der Waals surface area contributed by atoms with E-state index >= 15 is 0 Å². The number of nitrogens with zero attached hydrogens (tertiary/aromatic N) is 3. The molecule has 0 saturated heterocycles. The van der Waals surface area contributed by atoms with Crippen molar-refractivity contribution in [3.05, 3.63) is 45.3 Å². The second kappa shape index (κ2) is 6.74. The number of fused-ring (bicyclic) bond motifs is 1. The van der Waals surface area contributed by atoms with Gasteiger partial charge in [-0.3, -0.25) is 9.35 Å². The zero-order valence-electron chi connectivity index (χ0n) is 13.0. The highest BCUT2D eigenvalue weighted by atomic mass is 35.5. The highest BCUT2D eigenvalue weighted by Crippen LogP contribution is 2.18. The summed E-state index contributed by atoms with van der Waals surface area (Å²) in [5.41, 5.74) is 7.40. The first-order valence-electron chi connectivity index (χ1n) is 7.42. The van der Waals surface area contributed by atoms with Gasteiger partial charge in [-0.2, -0.15) is 0 Å². The summed E-state index contributed by atoms with van der Waals surface area (Å²) in [6.45, 7) is 2.34. The van der Waals surface area contributed by atoms with Gasteiger partial charge in [0.2, 0.25) is 5.16 Å². The van der Waals surface area contributed by atoms with E-state index in [0.717, 1.165) is 12.0 Å². The lowest BCUT2D eigenvalue weighted by atomic mass is 10.2. The SMILES string of the molecule is CCCS(=N)c1nc(N)c2[nH]c(=O)n(Cc3ccc(Cl)cc3)c2n1. The molecule has 0 amide bonds. The van der Waals surface area contributed by atoms with Gasteiger partial charge >= 0.3 is 5.69 Å². The number of imidazole rings is 1. The van der Waals surface area contributed by atoms with E-state index in [0.29, 0.717) is 33.6 Å². The monoisotopic (exact) mass is 364 g/mol. The van der Waals surface area contributed by atoms with Crippen LogP contribution in [0, 0.1) is 4.78 Å². The maximum atomic E-state index is 12.3. The number of benzene rings is 1. The molecule has 0 aliphatic rings. The molecule has 3 rings (SSSR count). The Labute approximate surface area is 145 Å². The summed E-state index contributed by atoms with van der Waals surface area (Å²) in [6.07, 6.45) is 0.860. The molecule has 1 unspecified atom stereocenters. The summed E-state index contributed by atoms with van der Waals surface area (Å²) in [6, 6.07) is 7.25. The summed E-state index contributed by atoms with van der Waals surface area (Å²) in [4.78, 5) is 23.6. The number of nitrogens with one attached hydrogen (secondary N) is 2. The van der Waals surface area contributed by atoms with Gasteiger partial charge in [0.05, 0.1) is 6.54 Å². The smallest absolute Gasteiger partial charge is 0.328 e. The molecule has 0 saturated carbocycles. The largest absolute Gasteiger partial charge is 0.382 e. The number of nitrogen functional groups attached to an aromatic ring is 1. The van der Waals surface area contributed by atoms with Crippen LogP contribution < -0.4 is 11.4 Å². The van der Waals surface area contributed by atoms with Crippen molar-refractivity contribution in [2.45, 2.75) is 25.0 Å². The van der Waals surface area contributed by atoms with Gasteiger partial charge in [-0.25, -0.2) is 14.8 Å². The van der Waals surface area contributed by atoms with E-state index in [1.807, 2.05) is 19.1 Å². The van der Waals surface area contributed by atoms with E-state index in [-0.39, 0.29) is 11.5 Å². The highest BCUT2D eigenvalue weighted by Gasteiger charge is 2.15. The number of hydrogen-bond acceptors (Lipinski definition) is 5. The second-order valence-corrected chi connectivity index (χ2v) is 7.32. The first-order chi connectivity index (χ1) is 11.5. The first-order valence-corrected chi connectivity index (χ1v) is 9.19. The van der Waals surface area contributed by atoms with Gasteiger partial charge in [0.15, 0.2) is 11.5 Å². The summed E-state index contributed by atoms with van der Waals surface area (Å²) in [5.74, 6) is 0.861. The molecular formula is C15H17ClN6OS. The van der Waals surface area contributed by atoms with Crippen LogP contribution in [-0.2, 0) is 17.2 Å². The fourth-order valence-electron chi connectivity index (χ4n) is 2.36. The van der Waals surface area contributed by atoms with E-state index < -0.39 is 10.7 Å². The number of anilines is 1. The van der Waals surface area contributed by atoms with Crippen LogP contribution in [0.1, 0.15) is 18.9 Å². The molecule has 0 aliphatic carbocycles. The summed E-state index contributed by atoms with van der Waals surface area (Å²) in [5, 5.41) is 1.00. The minimum absolute atomic E-state index is 0.197. The van der Waals surface area contributed by atoms with Gasteiger partial charge in [0, 0.05) is 10.8 Å². The predicted octanol–water partition coefficient (Wildman–Crippen LogP) is 2.55. The van der Waals surface area contributed by atoms with Crippen molar-refractivity contribution in [1.29, 1.82) is 4.78 Å². The topological polar surface area (TPSA) is 113 Å². The molecule has 0 radical (unpaired) electrons. The molecule has 3 aromatic rings. The van der Waals surface area contributed by atoms with Crippen LogP contribution in [0.4, 0.5) is 5.82 Å². The van der Waals surface area contributed by atoms with Crippen molar-refractivity contribution in [2.24, 2.45) is 0 Å². The predicted molar refractivity (Wildman–Crippen MR) is 96.6 cm³/mol. The van der Waals surface area contributed by atoms with Crippen molar-refractivity contribution in [3.8, 4) is 0 Å². The number of halogens is 1. The van der Waals surface area contributed by atoms with Gasteiger partial charge in [-0.15, -0.1) is 0 Å². The van der Waals surface area contributed by atoms with Gasteiger partial charge < -0.3 is 10.7 Å². The quantitative estimate of drug-likeness (QED) is 0.603. The first kappa shape index (κ1) is 16.7. The Hall–Kier alpha value is -2.19. The molecule has 9 heteroatoms. The molecule has 1 atom stereocenters. The number of aromatic amines is 1. The van der Waals surface area contributed by atoms with Crippen molar-refractivity contribution in [2.75, 3.05) is 11.5 Å². The summed E-state index contributed by atoms with van der Waals surface area (Å²) >= 11 is 5.89. The van der Waals surface area contributed by atoms with Crippen molar-refractivity contribution >= 4 is 39.3 Å². The van der Waals surface area contributed by atoms with Gasteiger partial charge in [-0.1, -0.05) is 30.7 Å². The van der Waals surface area contributed by atoms with Crippen LogP contribution in [0.5, 0.6) is 0 Å². The van der Waals surface area contributed by atoms with Crippen molar-refractivity contribution in [3.63, 3.8) is 0 Å². The molecular weight excluding hydrogens is 348 g/mol. The fraction of sp³-hybridized carbons (Fsp3) is 0.267. The van der Waals surface area contributed by atoms with Crippen molar-refractivity contribution in [1.82, 2.24) is 19.5 Å². The molecule has 126 valence electrons. The Morgan fingerprint density at radius 2 is 2.04 bits per heavy atom. The minimum atomic E-state index is -0.847. The van der Waals surface area contributed by atoms with E-state index in [1.165, 1.54) is 4.57 Å². The fourth-order valence-corrected chi connectivity index (χ4v) is 3.48. The molecule has 0 aliphatic heterocycles. The normalized spacial score (nSPS) is 12.6. The molecule has 1 aromatic carbocycles. The Balaban J connectivity index is 2.09. The number of aromatic nitrogens is 4. The lowest BCUT2D eigenvalue weighted by Crippen LogP contribution is -2.18. The number of H-pyrrole nitrogens is 1. The maximum absolute atomic E-state index is 12.3. The molecule has 2 aromatic heterocycles. The molecule has 0 spiro atoms. The Kier molecular flexibility index (Phi) is 4.68. The number of hydrogen-bond donors (Lipinski definition) is 3. The van der Waals surface area contributed by atoms with E-state index in [9.17, 15) is 4.79 Å². The van der Waals surface area contributed by atoms with Crippen LogP contribution in [0.15, 0.2) is 34.2 Å². The Morgan fingerprint density at radius 3 is 2.71 bits per heavy atom. The van der Waals surface area contributed by atoms with E-state index in [1.54, 1.807) is 12.1 Å². The average molecular weight is 365 g/mol. The zero-order valence-corrected chi connectivity index (χ0v) is 14.6. The van der Waals surface area contributed by atoms with E-state index in [2.05, 4.69) is 15.0 Å². The van der Waals surface area contributed by atoms with Gasteiger partial charge in [-0.05, 0) is 34.8 Å². The van der Waals surface area contributed by atoms with Crippen LogP contribution in [-0.4, -0.2) is 25.3 Å². The standard InChI is InChI=1S/C15H17ClN6OS/c1-2-7-24(18)14-20-12(17)11-13(21-14)22(15(23)19-11)8-9-3-5-10(16)6-4-9/h3-6,18H,2,7-8H2,1H3,(H,19,23)(H2,17,20,21). The lowest BCUT2D eigenvalue weighted by molar-refractivity contribution is 0.771. The molecule has 24 heavy (non-hydrogen) atoms. The molecule has 4 N–H and O–H groups in total. The number of rotatable bonds is 5. The van der Waals surface area contributed by atoms with Crippen LogP contribution in [0.2, 0.25) is 5.02 Å². The molecule has 2 heterocycles. The third-order valence-electron chi connectivity index (χ3n) is 3.51. The Bertz CT molecular complexity index is 962. The molecule has 0 fully saturated rings. The van der Waals surface area contributed by atoms with Crippen LogP contribution in [0.25, 0.3) is 11.2 Å². The maximum Gasteiger partial charge on any atom is 0.328 e. The Morgan fingerprint density at radius 1 is 1.33 bits per heavy atom. The van der Waals surface area contributed by atoms with Gasteiger partial charge in [0.1, 0.15) is 5.52 Å². The molecule has 7 nitrogen and oxygen atoms in total. The number of nitrogens with two attached hydrogens (primary N) is 1. The second-order valence-electron chi connectivity index (χ2n) is 5.33. The third kappa shape index (κ3) is 3.20. The summed E-state index contributed by atoms with van der Waals surface area (Å²) < 4.78 is 9.65. The highest BCUT2D eigenvalue weighted by molar-refractivity contribution is 7.85. The molecule has 0 bridgehead atoms. The lowest BCUT2D eigenvalue weighted by Gasteiger charge is -2.07. The van der Waals surface area contributed by atoms with Crippen molar-refractivity contribution < 1.29 is 0 Å². The van der Waals surface area contributed by atoms with Crippen LogP contribution in [0.3, 0.4) is 0 Å². The third-order valence-corrected chi connectivity index (χ3v) is 5.20. The van der Waals surface area contributed by atoms with Gasteiger partial charge in [0.25, 0.3) is 0 Å². The summed E-state index contributed by atoms with van der Waals surface area (Å²) in [7, 11) is -0.847. The van der Waals surface area contributed by atoms with Crippen LogP contribution >= 0.6 is 11.6 Å².